The number of aromatic nitrogens is 1. The summed E-state index contributed by atoms with van der Waals surface area (Å²) in [6, 6.07) is 5.47. The number of nitrogens with zero attached hydrogens (tertiary/aromatic N) is 1. The number of hydrogen-bond donors (Lipinski definition) is 4. The van der Waals surface area contributed by atoms with Gasteiger partial charge in [0.15, 0.2) is 0 Å². The van der Waals surface area contributed by atoms with Gasteiger partial charge in [0.25, 0.3) is 0 Å². The molecule has 1 heterocycles. The predicted molar refractivity (Wildman–Crippen MR) is 84.1 cm³/mol. The van der Waals surface area contributed by atoms with Gasteiger partial charge < -0.3 is 20.3 Å². The molecular weight excluding hydrogens is 404 g/mol. The first-order chi connectivity index (χ1) is 10.1. The molecule has 0 saturated heterocycles. The molecule has 0 aliphatic heterocycles. The zero-order valence-corrected chi connectivity index (χ0v) is 14.0. The molecule has 0 saturated carbocycles. The first kappa shape index (κ1) is 16.2. The van der Waals surface area contributed by atoms with Crippen molar-refractivity contribution in [2.75, 3.05) is 0 Å². The Kier molecular flexibility index (Phi) is 5.19. The molecule has 1 aromatic heterocycles. The molecule has 2 aromatic rings. The summed E-state index contributed by atoms with van der Waals surface area (Å²) in [5, 5.41) is 37.6. The van der Waals surface area contributed by atoms with Crippen LogP contribution in [0.5, 0.6) is 0 Å². The minimum atomic E-state index is -0.287. The smallest absolute Gasteiger partial charge is 0.133 e. The lowest BCUT2D eigenvalue weighted by Gasteiger charge is -2.15. The molecular formula is C14H12Br2N2O3. The number of rotatable bonds is 4. The van der Waals surface area contributed by atoms with Crippen LogP contribution >= 0.6 is 31.9 Å². The van der Waals surface area contributed by atoms with Gasteiger partial charge in [0.2, 0.25) is 0 Å². The van der Waals surface area contributed by atoms with Crippen LogP contribution in [-0.4, -0.2) is 20.3 Å². The van der Waals surface area contributed by atoms with Crippen molar-refractivity contribution in [1.29, 1.82) is 5.26 Å². The van der Waals surface area contributed by atoms with Crippen LogP contribution in [0.2, 0.25) is 0 Å². The highest BCUT2D eigenvalue weighted by Crippen LogP contribution is 2.40. The third-order valence-corrected chi connectivity index (χ3v) is 4.68. The summed E-state index contributed by atoms with van der Waals surface area (Å²) in [5.74, 6) is 0. The average Bonchev–Trinajstić information content (AvgIpc) is 2.79. The molecule has 0 bridgehead atoms. The Morgan fingerprint density at radius 1 is 1.05 bits per heavy atom. The Morgan fingerprint density at radius 2 is 1.71 bits per heavy atom. The quantitative estimate of drug-likeness (QED) is 0.616. The highest BCUT2D eigenvalue weighted by molar-refractivity contribution is 9.11. The third-order valence-electron chi connectivity index (χ3n) is 3.29. The summed E-state index contributed by atoms with van der Waals surface area (Å²) in [4.78, 5) is 2.89. The van der Waals surface area contributed by atoms with E-state index in [2.05, 4.69) is 36.8 Å². The van der Waals surface area contributed by atoms with Crippen LogP contribution in [0.4, 0.5) is 0 Å². The molecule has 0 aliphatic carbocycles. The van der Waals surface area contributed by atoms with Crippen molar-refractivity contribution in [3.8, 4) is 17.2 Å². The van der Waals surface area contributed by atoms with E-state index in [0.717, 1.165) is 0 Å². The van der Waals surface area contributed by atoms with Crippen LogP contribution < -0.4 is 0 Å². The molecule has 0 spiro atoms. The normalized spacial score (nSPS) is 10.7. The van der Waals surface area contributed by atoms with Crippen molar-refractivity contribution in [3.05, 3.63) is 43.6 Å². The number of hydrogen-bond acceptors (Lipinski definition) is 4. The van der Waals surface area contributed by atoms with Gasteiger partial charge in [0, 0.05) is 5.56 Å². The van der Waals surface area contributed by atoms with Gasteiger partial charge >= 0.3 is 0 Å². The van der Waals surface area contributed by atoms with Crippen LogP contribution in [0.1, 0.15) is 22.4 Å². The summed E-state index contributed by atoms with van der Waals surface area (Å²) in [6.45, 7) is -0.794. The molecule has 0 aliphatic rings. The van der Waals surface area contributed by atoms with E-state index in [1.54, 1.807) is 12.1 Å². The monoisotopic (exact) mass is 414 g/mol. The molecule has 0 unspecified atom stereocenters. The summed E-state index contributed by atoms with van der Waals surface area (Å²) < 4.78 is 1.17. The first-order valence-corrected chi connectivity index (χ1v) is 7.61. The lowest BCUT2D eigenvalue weighted by Crippen LogP contribution is -2.03. The van der Waals surface area contributed by atoms with Crippen LogP contribution in [-0.2, 0) is 19.8 Å². The van der Waals surface area contributed by atoms with Gasteiger partial charge in [-0.15, -0.1) is 0 Å². The molecule has 4 N–H and O–H groups in total. The van der Waals surface area contributed by atoms with E-state index in [1.807, 2.05) is 6.07 Å². The summed E-state index contributed by atoms with van der Waals surface area (Å²) >= 11 is 6.73. The Bertz CT molecular complexity index is 720. The van der Waals surface area contributed by atoms with Gasteiger partial charge in [-0.2, -0.15) is 5.26 Å². The van der Waals surface area contributed by atoms with E-state index in [1.165, 1.54) is 0 Å². The highest BCUT2D eigenvalue weighted by atomic mass is 79.9. The van der Waals surface area contributed by atoms with Crippen molar-refractivity contribution in [2.24, 2.45) is 0 Å². The maximum Gasteiger partial charge on any atom is 0.133 e. The molecule has 7 heteroatoms. The number of nitrogens with one attached hydrogen (secondary N) is 1. The lowest BCUT2D eigenvalue weighted by molar-refractivity contribution is 0.248. The van der Waals surface area contributed by atoms with Crippen LogP contribution in [0, 0.1) is 11.3 Å². The van der Waals surface area contributed by atoms with Crippen LogP contribution in [0.15, 0.2) is 21.2 Å². The second-order valence-corrected chi connectivity index (χ2v) is 5.90. The topological polar surface area (TPSA) is 100 Å². The van der Waals surface area contributed by atoms with Gasteiger partial charge in [-0.05, 0) is 54.1 Å². The molecule has 5 nitrogen and oxygen atoms in total. The fraction of sp³-hybridized carbons (Fsp3) is 0.214. The number of benzene rings is 1. The van der Waals surface area contributed by atoms with E-state index in [0.29, 0.717) is 42.6 Å². The standard InChI is InChI=1S/C14H12Br2N2O3/c15-13-11(3-17)18-14(16)12(13)8-2-1-7(4-19)9(5-20)10(8)6-21/h1-2,18-21H,4-6H2. The second-order valence-electron chi connectivity index (χ2n) is 4.32. The fourth-order valence-electron chi connectivity index (χ4n) is 2.26. The minimum Gasteiger partial charge on any atom is -0.392 e. The van der Waals surface area contributed by atoms with E-state index in [4.69, 9.17) is 5.26 Å². The van der Waals surface area contributed by atoms with E-state index >= 15 is 0 Å². The molecule has 110 valence electrons. The second kappa shape index (κ2) is 6.73. The van der Waals surface area contributed by atoms with Crippen molar-refractivity contribution >= 4 is 31.9 Å². The third kappa shape index (κ3) is 2.78. The zero-order chi connectivity index (χ0) is 15.6. The number of H-pyrrole nitrogens is 1. The highest BCUT2D eigenvalue weighted by Gasteiger charge is 2.20. The van der Waals surface area contributed by atoms with E-state index < -0.39 is 0 Å². The van der Waals surface area contributed by atoms with E-state index in [-0.39, 0.29) is 19.8 Å². The molecule has 0 amide bonds. The van der Waals surface area contributed by atoms with Crippen molar-refractivity contribution in [3.63, 3.8) is 0 Å². The average molecular weight is 416 g/mol. The SMILES string of the molecule is N#Cc1[nH]c(Br)c(-c2ccc(CO)c(CO)c2CO)c1Br. The summed E-state index contributed by atoms with van der Waals surface area (Å²) in [6.07, 6.45) is 0. The predicted octanol–water partition coefficient (Wildman–Crippen LogP) is 2.56. The zero-order valence-electron chi connectivity index (χ0n) is 10.8. The molecule has 0 fully saturated rings. The maximum absolute atomic E-state index is 9.66. The Balaban J connectivity index is 2.76. The van der Waals surface area contributed by atoms with Crippen molar-refractivity contribution < 1.29 is 15.3 Å². The van der Waals surface area contributed by atoms with Gasteiger partial charge in [-0.3, -0.25) is 0 Å². The Hall–Kier alpha value is -1.17. The molecule has 21 heavy (non-hydrogen) atoms. The maximum atomic E-state index is 9.66. The minimum absolute atomic E-state index is 0.220. The van der Waals surface area contributed by atoms with Gasteiger partial charge in [0.1, 0.15) is 11.8 Å². The first-order valence-electron chi connectivity index (χ1n) is 6.02. The molecule has 0 atom stereocenters. The van der Waals surface area contributed by atoms with Crippen LogP contribution in [0.25, 0.3) is 11.1 Å². The van der Waals surface area contributed by atoms with Crippen LogP contribution in [0.3, 0.4) is 0 Å². The van der Waals surface area contributed by atoms with Crippen molar-refractivity contribution in [2.45, 2.75) is 19.8 Å². The summed E-state index contributed by atoms with van der Waals surface area (Å²) in [7, 11) is 0. The lowest BCUT2D eigenvalue weighted by atomic mass is 9.93. The van der Waals surface area contributed by atoms with E-state index in [9.17, 15) is 15.3 Å². The number of halogens is 2. The number of nitriles is 1. The molecule has 0 radical (unpaired) electrons. The number of aliphatic hydroxyl groups excluding tert-OH is 3. The molecule has 1 aromatic carbocycles. The summed E-state index contributed by atoms with van der Waals surface area (Å²) in [5.41, 5.74) is 3.31. The molecule has 2 rings (SSSR count). The largest absolute Gasteiger partial charge is 0.392 e. The van der Waals surface area contributed by atoms with Gasteiger partial charge in [-0.1, -0.05) is 12.1 Å². The van der Waals surface area contributed by atoms with Gasteiger partial charge in [-0.25, -0.2) is 0 Å². The van der Waals surface area contributed by atoms with Gasteiger partial charge in [0.05, 0.1) is 28.9 Å². The van der Waals surface area contributed by atoms with Crippen molar-refractivity contribution in [1.82, 2.24) is 4.98 Å². The number of aromatic amines is 1. The Morgan fingerprint density at radius 3 is 2.19 bits per heavy atom. The fourth-order valence-corrected chi connectivity index (χ4v) is 3.74. The number of aliphatic hydroxyl groups is 3. The Labute approximate surface area is 138 Å².